The molecule has 0 saturated heterocycles. The van der Waals surface area contributed by atoms with Gasteiger partial charge in [-0.3, -0.25) is 4.79 Å². The van der Waals surface area contributed by atoms with E-state index in [9.17, 15) is 4.79 Å². The van der Waals surface area contributed by atoms with Crippen LogP contribution in [0.4, 0.5) is 5.69 Å². The second-order valence-electron chi connectivity index (χ2n) is 6.16. The Hall–Kier alpha value is -3.18. The van der Waals surface area contributed by atoms with Crippen LogP contribution in [0.2, 0.25) is 5.02 Å². The summed E-state index contributed by atoms with van der Waals surface area (Å²) in [6.45, 7) is 2.65. The quantitative estimate of drug-likeness (QED) is 0.525. The van der Waals surface area contributed by atoms with Gasteiger partial charge in [0, 0.05) is 21.8 Å². The lowest BCUT2D eigenvalue weighted by Gasteiger charge is -2.15. The van der Waals surface area contributed by atoms with Crippen molar-refractivity contribution in [3.8, 4) is 17.2 Å². The van der Waals surface area contributed by atoms with Crippen molar-refractivity contribution in [1.82, 2.24) is 0 Å². The van der Waals surface area contributed by atoms with Crippen molar-refractivity contribution in [3.63, 3.8) is 0 Å². The van der Waals surface area contributed by atoms with Crippen LogP contribution in [-0.4, -0.2) is 19.6 Å². The topological polar surface area (TPSA) is 56.8 Å². The predicted molar refractivity (Wildman–Crippen MR) is 114 cm³/mol. The zero-order chi connectivity index (χ0) is 20.6. The Morgan fingerprint density at radius 2 is 1.72 bits per heavy atom. The molecule has 150 valence electrons. The zero-order valence-electron chi connectivity index (χ0n) is 16.3. The SMILES string of the molecule is CCOc1ccc(C(=O)Nc2cccc(Cl)c2)cc1COc1ccccc1OC. The third kappa shape index (κ3) is 5.42. The van der Waals surface area contributed by atoms with E-state index in [1.807, 2.05) is 31.2 Å². The molecule has 3 aromatic rings. The smallest absolute Gasteiger partial charge is 0.255 e. The molecule has 0 fully saturated rings. The lowest BCUT2D eigenvalue weighted by Crippen LogP contribution is -2.13. The number of benzene rings is 3. The fraction of sp³-hybridized carbons (Fsp3) is 0.174. The van der Waals surface area contributed by atoms with Gasteiger partial charge >= 0.3 is 0 Å². The minimum Gasteiger partial charge on any atom is -0.493 e. The highest BCUT2D eigenvalue weighted by Gasteiger charge is 2.13. The first-order chi connectivity index (χ1) is 14.1. The van der Waals surface area contributed by atoms with Crippen LogP contribution in [0.5, 0.6) is 17.2 Å². The molecule has 29 heavy (non-hydrogen) atoms. The molecule has 5 nitrogen and oxygen atoms in total. The minimum absolute atomic E-state index is 0.230. The van der Waals surface area contributed by atoms with E-state index in [4.69, 9.17) is 25.8 Å². The molecule has 0 aromatic heterocycles. The first-order valence-electron chi connectivity index (χ1n) is 9.19. The van der Waals surface area contributed by atoms with Crippen molar-refractivity contribution >= 4 is 23.2 Å². The number of anilines is 1. The molecule has 0 saturated carbocycles. The van der Waals surface area contributed by atoms with Crippen molar-refractivity contribution in [2.45, 2.75) is 13.5 Å². The van der Waals surface area contributed by atoms with Gasteiger partial charge in [-0.1, -0.05) is 29.8 Å². The molecule has 0 radical (unpaired) electrons. The number of halogens is 1. The second-order valence-corrected chi connectivity index (χ2v) is 6.60. The summed E-state index contributed by atoms with van der Waals surface area (Å²) in [6.07, 6.45) is 0. The van der Waals surface area contributed by atoms with Gasteiger partial charge in [-0.15, -0.1) is 0 Å². The Labute approximate surface area is 175 Å². The van der Waals surface area contributed by atoms with Crippen molar-refractivity contribution in [2.24, 2.45) is 0 Å². The first kappa shape index (κ1) is 20.6. The molecule has 1 N–H and O–H groups in total. The lowest BCUT2D eigenvalue weighted by molar-refractivity contribution is 0.102. The number of hydrogen-bond donors (Lipinski definition) is 1. The van der Waals surface area contributed by atoms with E-state index in [0.29, 0.717) is 40.1 Å². The van der Waals surface area contributed by atoms with Crippen molar-refractivity contribution < 1.29 is 19.0 Å². The maximum atomic E-state index is 12.7. The van der Waals surface area contributed by atoms with Gasteiger partial charge < -0.3 is 19.5 Å². The van der Waals surface area contributed by atoms with E-state index in [0.717, 1.165) is 5.56 Å². The Morgan fingerprint density at radius 1 is 0.931 bits per heavy atom. The normalized spacial score (nSPS) is 10.3. The third-order valence-electron chi connectivity index (χ3n) is 4.16. The summed E-state index contributed by atoms with van der Waals surface area (Å²) in [6, 6.07) is 19.7. The van der Waals surface area contributed by atoms with Crippen molar-refractivity contribution in [2.75, 3.05) is 19.0 Å². The van der Waals surface area contributed by atoms with Gasteiger partial charge in [0.2, 0.25) is 0 Å². The minimum atomic E-state index is -0.242. The molecule has 6 heteroatoms. The molecule has 3 aromatic carbocycles. The standard InChI is InChI=1S/C23H22ClNO4/c1-3-28-20-12-11-16(23(26)25-19-8-6-7-18(24)14-19)13-17(20)15-29-22-10-5-4-9-21(22)27-2/h4-14H,3,15H2,1-2H3,(H,25,26). The summed E-state index contributed by atoms with van der Waals surface area (Å²) < 4.78 is 16.9. The van der Waals surface area contributed by atoms with Crippen LogP contribution >= 0.6 is 11.6 Å². The van der Waals surface area contributed by atoms with Crippen LogP contribution in [0.25, 0.3) is 0 Å². The Bertz CT molecular complexity index is 990. The van der Waals surface area contributed by atoms with Crippen LogP contribution < -0.4 is 19.5 Å². The Balaban J connectivity index is 1.80. The maximum absolute atomic E-state index is 12.7. The molecular formula is C23H22ClNO4. The molecular weight excluding hydrogens is 390 g/mol. The average molecular weight is 412 g/mol. The van der Waals surface area contributed by atoms with Gasteiger partial charge in [-0.25, -0.2) is 0 Å². The number of amides is 1. The Kier molecular flexibility index (Phi) is 6.98. The molecule has 3 rings (SSSR count). The predicted octanol–water partition coefficient (Wildman–Crippen LogP) is 5.58. The molecule has 1 amide bonds. The van der Waals surface area contributed by atoms with Crippen molar-refractivity contribution in [3.05, 3.63) is 82.9 Å². The lowest BCUT2D eigenvalue weighted by atomic mass is 10.1. The van der Waals surface area contributed by atoms with Crippen LogP contribution in [0.3, 0.4) is 0 Å². The van der Waals surface area contributed by atoms with E-state index in [1.54, 1.807) is 49.6 Å². The largest absolute Gasteiger partial charge is 0.493 e. The summed E-state index contributed by atoms with van der Waals surface area (Å²) in [5.41, 5.74) is 1.88. The van der Waals surface area contributed by atoms with Crippen LogP contribution in [0.1, 0.15) is 22.8 Å². The summed E-state index contributed by atoms with van der Waals surface area (Å²) in [5.74, 6) is 1.68. The number of carbonyl (C=O) groups is 1. The van der Waals surface area contributed by atoms with Gasteiger partial charge in [0.1, 0.15) is 12.4 Å². The number of nitrogens with one attached hydrogen (secondary N) is 1. The fourth-order valence-corrected chi connectivity index (χ4v) is 2.98. The number of rotatable bonds is 8. The summed E-state index contributed by atoms with van der Waals surface area (Å²) in [4.78, 5) is 12.7. The maximum Gasteiger partial charge on any atom is 0.255 e. The number of hydrogen-bond acceptors (Lipinski definition) is 4. The van der Waals surface area contributed by atoms with Gasteiger partial charge in [0.05, 0.1) is 13.7 Å². The van der Waals surface area contributed by atoms with Gasteiger partial charge in [0.25, 0.3) is 5.91 Å². The molecule has 0 atom stereocenters. The van der Waals surface area contributed by atoms with E-state index in [-0.39, 0.29) is 12.5 Å². The number of carbonyl (C=O) groups excluding carboxylic acids is 1. The highest BCUT2D eigenvalue weighted by atomic mass is 35.5. The first-order valence-corrected chi connectivity index (χ1v) is 9.57. The van der Waals surface area contributed by atoms with E-state index in [2.05, 4.69) is 5.32 Å². The van der Waals surface area contributed by atoms with Crippen molar-refractivity contribution in [1.29, 1.82) is 0 Å². The van der Waals surface area contributed by atoms with Crippen LogP contribution in [0.15, 0.2) is 66.7 Å². The highest BCUT2D eigenvalue weighted by Crippen LogP contribution is 2.29. The van der Waals surface area contributed by atoms with Gasteiger partial charge in [0.15, 0.2) is 11.5 Å². The molecule has 0 aliphatic heterocycles. The third-order valence-corrected chi connectivity index (χ3v) is 4.39. The molecule has 0 aliphatic rings. The fourth-order valence-electron chi connectivity index (χ4n) is 2.79. The molecule has 0 unspecified atom stereocenters. The number of para-hydroxylation sites is 2. The zero-order valence-corrected chi connectivity index (χ0v) is 17.0. The van der Waals surface area contributed by atoms with Crippen LogP contribution in [0, 0.1) is 0 Å². The van der Waals surface area contributed by atoms with Gasteiger partial charge in [-0.05, 0) is 55.5 Å². The Morgan fingerprint density at radius 3 is 2.45 bits per heavy atom. The average Bonchev–Trinajstić information content (AvgIpc) is 2.73. The highest BCUT2D eigenvalue weighted by molar-refractivity contribution is 6.30. The van der Waals surface area contributed by atoms with Crippen LogP contribution in [-0.2, 0) is 6.61 Å². The molecule has 0 aliphatic carbocycles. The summed E-state index contributed by atoms with van der Waals surface area (Å²) >= 11 is 5.98. The van der Waals surface area contributed by atoms with E-state index < -0.39 is 0 Å². The molecule has 0 bridgehead atoms. The summed E-state index contributed by atoms with van der Waals surface area (Å²) in [5, 5.41) is 3.40. The number of methoxy groups -OCH3 is 1. The van der Waals surface area contributed by atoms with E-state index in [1.165, 1.54) is 0 Å². The second kappa shape index (κ2) is 9.85. The monoisotopic (exact) mass is 411 g/mol. The summed E-state index contributed by atoms with van der Waals surface area (Å²) in [7, 11) is 1.59. The van der Waals surface area contributed by atoms with Gasteiger partial charge in [-0.2, -0.15) is 0 Å². The molecule has 0 spiro atoms. The van der Waals surface area contributed by atoms with E-state index >= 15 is 0 Å². The molecule has 0 heterocycles. The number of ether oxygens (including phenoxy) is 3.